The van der Waals surface area contributed by atoms with Gasteiger partial charge in [0.2, 0.25) is 0 Å². The van der Waals surface area contributed by atoms with Crippen LogP contribution in [0.25, 0.3) is 0 Å². The van der Waals surface area contributed by atoms with E-state index in [1.807, 2.05) is 0 Å². The second kappa shape index (κ2) is 5.36. The first kappa shape index (κ1) is 13.5. The van der Waals surface area contributed by atoms with Crippen LogP contribution in [0.15, 0.2) is 6.20 Å². The lowest BCUT2D eigenvalue weighted by atomic mass is 10.0. The standard InChI is InChI=1S/C13H23N3O2/c1-13(2,18)12-9-16(15-14-12)8-11(17)7-10-5-3-4-6-10/h9-11,17-18H,3-8H2,1-2H3. The van der Waals surface area contributed by atoms with Crippen molar-refractivity contribution in [3.63, 3.8) is 0 Å². The Balaban J connectivity index is 1.86. The van der Waals surface area contributed by atoms with Gasteiger partial charge in [0.05, 0.1) is 18.8 Å². The summed E-state index contributed by atoms with van der Waals surface area (Å²) in [6.45, 7) is 3.81. The average molecular weight is 253 g/mol. The highest BCUT2D eigenvalue weighted by Crippen LogP contribution is 2.28. The second-order valence-electron chi connectivity index (χ2n) is 5.92. The molecule has 0 bridgehead atoms. The predicted octanol–water partition coefficient (Wildman–Crippen LogP) is 1.45. The highest BCUT2D eigenvalue weighted by atomic mass is 16.3. The molecule has 0 radical (unpaired) electrons. The Kier molecular flexibility index (Phi) is 4.02. The van der Waals surface area contributed by atoms with Gasteiger partial charge >= 0.3 is 0 Å². The normalized spacial score (nSPS) is 19.3. The molecule has 1 saturated carbocycles. The van der Waals surface area contributed by atoms with Crippen molar-refractivity contribution >= 4 is 0 Å². The highest BCUT2D eigenvalue weighted by Gasteiger charge is 2.22. The first-order valence-electron chi connectivity index (χ1n) is 6.76. The zero-order valence-corrected chi connectivity index (χ0v) is 11.2. The van der Waals surface area contributed by atoms with Gasteiger partial charge in [-0.1, -0.05) is 30.9 Å². The van der Waals surface area contributed by atoms with Crippen molar-refractivity contribution in [3.05, 3.63) is 11.9 Å². The summed E-state index contributed by atoms with van der Waals surface area (Å²) in [5.41, 5.74) is -0.440. The van der Waals surface area contributed by atoms with Crippen molar-refractivity contribution in [1.82, 2.24) is 15.0 Å². The Morgan fingerprint density at radius 2 is 2.11 bits per heavy atom. The van der Waals surface area contributed by atoms with Gasteiger partial charge in [-0.25, -0.2) is 4.68 Å². The maximum atomic E-state index is 10.0. The molecule has 0 saturated heterocycles. The molecule has 1 atom stereocenters. The van der Waals surface area contributed by atoms with E-state index in [2.05, 4.69) is 10.3 Å². The van der Waals surface area contributed by atoms with Gasteiger partial charge in [0.15, 0.2) is 0 Å². The van der Waals surface area contributed by atoms with Crippen molar-refractivity contribution in [2.75, 3.05) is 0 Å². The van der Waals surface area contributed by atoms with Crippen molar-refractivity contribution in [3.8, 4) is 0 Å². The molecule has 5 heteroatoms. The van der Waals surface area contributed by atoms with Crippen molar-refractivity contribution in [2.45, 2.75) is 64.2 Å². The summed E-state index contributed by atoms with van der Waals surface area (Å²) in [6, 6.07) is 0. The van der Waals surface area contributed by atoms with Gasteiger partial charge in [0.1, 0.15) is 11.3 Å². The quantitative estimate of drug-likeness (QED) is 0.833. The predicted molar refractivity (Wildman–Crippen MR) is 67.8 cm³/mol. The zero-order chi connectivity index (χ0) is 13.2. The summed E-state index contributed by atoms with van der Waals surface area (Å²) >= 11 is 0. The minimum absolute atomic E-state index is 0.371. The van der Waals surface area contributed by atoms with E-state index in [-0.39, 0.29) is 6.10 Å². The third kappa shape index (κ3) is 3.53. The molecule has 1 fully saturated rings. The van der Waals surface area contributed by atoms with Crippen LogP contribution in [0.5, 0.6) is 0 Å². The largest absolute Gasteiger partial charge is 0.391 e. The molecule has 102 valence electrons. The Labute approximate surface area is 108 Å². The van der Waals surface area contributed by atoms with E-state index in [1.54, 1.807) is 24.7 Å². The minimum atomic E-state index is -0.978. The van der Waals surface area contributed by atoms with Crippen LogP contribution in [-0.2, 0) is 12.1 Å². The van der Waals surface area contributed by atoms with Gasteiger partial charge in [0.25, 0.3) is 0 Å². The number of nitrogens with zero attached hydrogens (tertiary/aromatic N) is 3. The fourth-order valence-electron chi connectivity index (χ4n) is 2.59. The number of aliphatic hydroxyl groups excluding tert-OH is 1. The Hall–Kier alpha value is -0.940. The molecule has 18 heavy (non-hydrogen) atoms. The zero-order valence-electron chi connectivity index (χ0n) is 11.2. The summed E-state index contributed by atoms with van der Waals surface area (Å²) in [5.74, 6) is 0.664. The van der Waals surface area contributed by atoms with E-state index in [9.17, 15) is 10.2 Å². The molecular weight excluding hydrogens is 230 g/mol. The SMILES string of the molecule is CC(C)(O)c1cn(CC(O)CC2CCCC2)nn1. The number of aromatic nitrogens is 3. The summed E-state index contributed by atoms with van der Waals surface area (Å²) < 4.78 is 1.62. The summed E-state index contributed by atoms with van der Waals surface area (Å²) in [7, 11) is 0. The van der Waals surface area contributed by atoms with Gasteiger partial charge in [-0.3, -0.25) is 0 Å². The van der Waals surface area contributed by atoms with Gasteiger partial charge in [-0.15, -0.1) is 5.10 Å². The Morgan fingerprint density at radius 3 is 2.67 bits per heavy atom. The number of aliphatic hydroxyl groups is 2. The second-order valence-corrected chi connectivity index (χ2v) is 5.92. The average Bonchev–Trinajstić information content (AvgIpc) is 2.87. The van der Waals surface area contributed by atoms with Crippen LogP contribution in [-0.4, -0.2) is 31.3 Å². The first-order valence-corrected chi connectivity index (χ1v) is 6.76. The monoisotopic (exact) mass is 253 g/mol. The van der Waals surface area contributed by atoms with Crippen molar-refractivity contribution in [2.24, 2.45) is 5.92 Å². The minimum Gasteiger partial charge on any atom is -0.391 e. The molecule has 1 aromatic heterocycles. The molecular formula is C13H23N3O2. The fourth-order valence-corrected chi connectivity index (χ4v) is 2.59. The smallest absolute Gasteiger partial charge is 0.114 e. The fraction of sp³-hybridized carbons (Fsp3) is 0.846. The summed E-state index contributed by atoms with van der Waals surface area (Å²) in [5, 5.41) is 27.7. The molecule has 1 unspecified atom stereocenters. The lowest BCUT2D eigenvalue weighted by molar-refractivity contribution is 0.0736. The van der Waals surface area contributed by atoms with Crippen LogP contribution in [0.4, 0.5) is 0 Å². The van der Waals surface area contributed by atoms with E-state index in [1.165, 1.54) is 25.7 Å². The molecule has 0 aromatic carbocycles. The van der Waals surface area contributed by atoms with Gasteiger partial charge in [0, 0.05) is 0 Å². The molecule has 0 amide bonds. The van der Waals surface area contributed by atoms with Crippen molar-refractivity contribution in [1.29, 1.82) is 0 Å². The molecule has 5 nitrogen and oxygen atoms in total. The molecule has 1 aliphatic carbocycles. The van der Waals surface area contributed by atoms with Gasteiger partial charge < -0.3 is 10.2 Å². The van der Waals surface area contributed by atoms with Crippen LogP contribution in [0, 0.1) is 5.92 Å². The van der Waals surface area contributed by atoms with Gasteiger partial charge in [-0.2, -0.15) is 0 Å². The summed E-state index contributed by atoms with van der Waals surface area (Å²) in [4.78, 5) is 0. The Morgan fingerprint density at radius 1 is 1.44 bits per heavy atom. The number of rotatable bonds is 5. The molecule has 1 aliphatic rings. The maximum Gasteiger partial charge on any atom is 0.114 e. The maximum absolute atomic E-state index is 10.0. The molecule has 0 aliphatic heterocycles. The summed E-state index contributed by atoms with van der Waals surface area (Å²) in [6.07, 6.45) is 7.25. The van der Waals surface area contributed by atoms with Crippen molar-refractivity contribution < 1.29 is 10.2 Å². The Bertz CT molecular complexity index is 378. The topological polar surface area (TPSA) is 71.2 Å². The number of hydrogen-bond donors (Lipinski definition) is 2. The molecule has 1 aromatic rings. The lowest BCUT2D eigenvalue weighted by Gasteiger charge is -2.15. The molecule has 2 rings (SSSR count). The van der Waals surface area contributed by atoms with Crippen LogP contribution < -0.4 is 0 Å². The molecule has 0 spiro atoms. The molecule has 1 heterocycles. The van der Waals surface area contributed by atoms with Crippen LogP contribution in [0.3, 0.4) is 0 Å². The van der Waals surface area contributed by atoms with E-state index in [0.29, 0.717) is 18.2 Å². The van der Waals surface area contributed by atoms with Crippen LogP contribution in [0.2, 0.25) is 0 Å². The highest BCUT2D eigenvalue weighted by molar-refractivity contribution is 5.02. The van der Waals surface area contributed by atoms with E-state index in [4.69, 9.17) is 0 Å². The lowest BCUT2D eigenvalue weighted by Crippen LogP contribution is -2.19. The van der Waals surface area contributed by atoms with Crippen LogP contribution >= 0.6 is 0 Å². The number of hydrogen-bond acceptors (Lipinski definition) is 4. The van der Waals surface area contributed by atoms with Gasteiger partial charge in [-0.05, 0) is 26.2 Å². The van der Waals surface area contributed by atoms with Crippen LogP contribution in [0.1, 0.15) is 51.6 Å². The third-order valence-corrected chi connectivity index (χ3v) is 3.64. The first-order chi connectivity index (χ1) is 8.45. The third-order valence-electron chi connectivity index (χ3n) is 3.64. The van der Waals surface area contributed by atoms with E-state index < -0.39 is 5.60 Å². The molecule has 2 N–H and O–H groups in total. The van der Waals surface area contributed by atoms with E-state index >= 15 is 0 Å². The van der Waals surface area contributed by atoms with E-state index in [0.717, 1.165) is 6.42 Å².